The molecule has 2 fully saturated rings. The first-order valence-electron chi connectivity index (χ1n) is 7.06. The molecule has 1 N–H and O–H groups in total. The third kappa shape index (κ3) is 2.16. The molecule has 0 radical (unpaired) electrons. The van der Waals surface area contributed by atoms with Gasteiger partial charge in [0.05, 0.1) is 0 Å². The number of nitrogens with zero attached hydrogens (tertiary/aromatic N) is 3. The van der Waals surface area contributed by atoms with Gasteiger partial charge < -0.3 is 10.2 Å². The van der Waals surface area contributed by atoms with Crippen molar-refractivity contribution in [3.63, 3.8) is 0 Å². The van der Waals surface area contributed by atoms with Gasteiger partial charge in [0, 0.05) is 31.1 Å². The third-order valence-electron chi connectivity index (χ3n) is 3.85. The molecule has 4 nitrogen and oxygen atoms in total. The van der Waals surface area contributed by atoms with Crippen LogP contribution in [-0.4, -0.2) is 29.6 Å². The summed E-state index contributed by atoms with van der Waals surface area (Å²) in [6, 6.07) is 0.695. The van der Waals surface area contributed by atoms with Crippen molar-refractivity contribution in [2.75, 3.05) is 23.8 Å². The van der Waals surface area contributed by atoms with E-state index in [4.69, 9.17) is 9.97 Å². The Balaban J connectivity index is 1.98. The fourth-order valence-electron chi connectivity index (χ4n) is 2.36. The number of rotatable bonds is 5. The van der Waals surface area contributed by atoms with Crippen LogP contribution in [0.15, 0.2) is 0 Å². The van der Waals surface area contributed by atoms with Crippen molar-refractivity contribution in [3.05, 3.63) is 11.4 Å². The van der Waals surface area contributed by atoms with Crippen molar-refractivity contribution >= 4 is 11.6 Å². The fraction of sp³-hybridized carbons (Fsp3) is 0.714. The van der Waals surface area contributed by atoms with Gasteiger partial charge >= 0.3 is 0 Å². The zero-order chi connectivity index (χ0) is 12.7. The van der Waals surface area contributed by atoms with Gasteiger partial charge in [0.15, 0.2) is 0 Å². The van der Waals surface area contributed by atoms with Crippen LogP contribution in [0.2, 0.25) is 0 Å². The van der Waals surface area contributed by atoms with Crippen LogP contribution in [0.1, 0.15) is 49.9 Å². The molecule has 18 heavy (non-hydrogen) atoms. The first kappa shape index (κ1) is 11.8. The molecule has 0 saturated heterocycles. The van der Waals surface area contributed by atoms with Crippen LogP contribution in [0.4, 0.5) is 11.6 Å². The molecule has 0 aromatic carbocycles. The quantitative estimate of drug-likeness (QED) is 0.867. The molecule has 98 valence electrons. The summed E-state index contributed by atoms with van der Waals surface area (Å²) in [4.78, 5) is 11.8. The van der Waals surface area contributed by atoms with Gasteiger partial charge in [-0.3, -0.25) is 0 Å². The van der Waals surface area contributed by atoms with E-state index in [1.165, 1.54) is 31.2 Å². The average Bonchev–Trinajstić information content (AvgIpc) is 3.22. The highest BCUT2D eigenvalue weighted by Gasteiger charge is 2.32. The average molecular weight is 246 g/mol. The molecule has 0 unspecified atom stereocenters. The molecular formula is C14H22N4. The third-order valence-corrected chi connectivity index (χ3v) is 3.85. The SMILES string of the molecule is CCNc1nc(C2CC2)nc(N(C)C2CC2)c1C. The Bertz CT molecular complexity index is 449. The molecule has 0 atom stereocenters. The van der Waals surface area contributed by atoms with Gasteiger partial charge in [-0.1, -0.05) is 0 Å². The maximum atomic E-state index is 4.81. The standard InChI is InChI=1S/C14H22N4/c1-4-15-12-9(2)14(18(3)11-7-8-11)17-13(16-12)10-5-6-10/h10-11H,4-8H2,1-3H3,(H,15,16,17). The summed E-state index contributed by atoms with van der Waals surface area (Å²) in [6.45, 7) is 5.15. The lowest BCUT2D eigenvalue weighted by Gasteiger charge is -2.22. The van der Waals surface area contributed by atoms with Crippen molar-refractivity contribution in [3.8, 4) is 0 Å². The van der Waals surface area contributed by atoms with Crippen LogP contribution in [-0.2, 0) is 0 Å². The highest BCUT2D eigenvalue weighted by Crippen LogP contribution is 2.41. The van der Waals surface area contributed by atoms with Crippen LogP contribution in [0, 0.1) is 6.92 Å². The van der Waals surface area contributed by atoms with Crippen LogP contribution in [0.3, 0.4) is 0 Å². The predicted octanol–water partition coefficient (Wildman–Crippen LogP) is 2.69. The molecule has 2 saturated carbocycles. The molecule has 1 heterocycles. The molecule has 2 aliphatic carbocycles. The Morgan fingerprint density at radius 2 is 1.94 bits per heavy atom. The number of aromatic nitrogens is 2. The largest absolute Gasteiger partial charge is 0.370 e. The van der Waals surface area contributed by atoms with E-state index in [1.807, 2.05) is 0 Å². The van der Waals surface area contributed by atoms with Gasteiger partial charge in [-0.2, -0.15) is 0 Å². The Labute approximate surface area is 109 Å². The zero-order valence-corrected chi connectivity index (χ0v) is 11.5. The second-order valence-corrected chi connectivity index (χ2v) is 5.53. The Morgan fingerprint density at radius 1 is 1.22 bits per heavy atom. The monoisotopic (exact) mass is 246 g/mol. The van der Waals surface area contributed by atoms with Crippen molar-refractivity contribution < 1.29 is 0 Å². The van der Waals surface area contributed by atoms with E-state index in [1.54, 1.807) is 0 Å². The Morgan fingerprint density at radius 3 is 2.50 bits per heavy atom. The molecular weight excluding hydrogens is 224 g/mol. The van der Waals surface area contributed by atoms with Gasteiger partial charge in [0.2, 0.25) is 0 Å². The predicted molar refractivity (Wildman–Crippen MR) is 74.3 cm³/mol. The summed E-state index contributed by atoms with van der Waals surface area (Å²) in [5.41, 5.74) is 1.19. The van der Waals surface area contributed by atoms with E-state index in [-0.39, 0.29) is 0 Å². The van der Waals surface area contributed by atoms with E-state index in [9.17, 15) is 0 Å². The summed E-state index contributed by atoms with van der Waals surface area (Å²) in [7, 11) is 2.17. The molecule has 0 spiro atoms. The lowest BCUT2D eigenvalue weighted by Crippen LogP contribution is -2.23. The second kappa shape index (κ2) is 4.41. The molecule has 1 aromatic rings. The summed E-state index contributed by atoms with van der Waals surface area (Å²) >= 11 is 0. The minimum atomic E-state index is 0.606. The normalized spacial score (nSPS) is 18.8. The first-order valence-corrected chi connectivity index (χ1v) is 7.06. The highest BCUT2D eigenvalue weighted by molar-refractivity contribution is 5.59. The van der Waals surface area contributed by atoms with Crippen molar-refractivity contribution in [2.24, 2.45) is 0 Å². The highest BCUT2D eigenvalue weighted by atomic mass is 15.2. The summed E-state index contributed by atoms with van der Waals surface area (Å²) in [6.07, 6.45) is 5.10. The minimum Gasteiger partial charge on any atom is -0.370 e. The summed E-state index contributed by atoms with van der Waals surface area (Å²) in [5, 5.41) is 3.38. The van der Waals surface area contributed by atoms with Gasteiger partial charge in [0.25, 0.3) is 0 Å². The van der Waals surface area contributed by atoms with Gasteiger partial charge in [-0.25, -0.2) is 9.97 Å². The van der Waals surface area contributed by atoms with Crippen LogP contribution in [0.5, 0.6) is 0 Å². The second-order valence-electron chi connectivity index (χ2n) is 5.53. The number of hydrogen-bond donors (Lipinski definition) is 1. The van der Waals surface area contributed by atoms with E-state index in [2.05, 4.69) is 31.1 Å². The maximum absolute atomic E-state index is 4.81. The van der Waals surface area contributed by atoms with E-state index >= 15 is 0 Å². The Kier molecular flexibility index (Phi) is 2.88. The lowest BCUT2D eigenvalue weighted by atomic mass is 10.2. The number of anilines is 2. The molecule has 3 rings (SSSR count). The molecule has 1 aromatic heterocycles. The first-order chi connectivity index (χ1) is 8.70. The summed E-state index contributed by atoms with van der Waals surface area (Å²) in [5.74, 6) is 3.80. The topological polar surface area (TPSA) is 41.1 Å². The van der Waals surface area contributed by atoms with Crippen LogP contribution >= 0.6 is 0 Å². The summed E-state index contributed by atoms with van der Waals surface area (Å²) < 4.78 is 0. The van der Waals surface area contributed by atoms with Crippen LogP contribution in [0.25, 0.3) is 0 Å². The zero-order valence-electron chi connectivity index (χ0n) is 11.5. The van der Waals surface area contributed by atoms with Gasteiger partial charge in [-0.15, -0.1) is 0 Å². The molecule has 2 aliphatic rings. The van der Waals surface area contributed by atoms with Crippen molar-refractivity contribution in [1.82, 2.24) is 9.97 Å². The van der Waals surface area contributed by atoms with Crippen molar-refractivity contribution in [2.45, 2.75) is 51.5 Å². The molecule has 4 heteroatoms. The molecule has 0 amide bonds. The van der Waals surface area contributed by atoms with Crippen LogP contribution < -0.4 is 10.2 Å². The van der Waals surface area contributed by atoms with Gasteiger partial charge in [-0.05, 0) is 39.5 Å². The van der Waals surface area contributed by atoms with E-state index in [0.29, 0.717) is 12.0 Å². The minimum absolute atomic E-state index is 0.606. The van der Waals surface area contributed by atoms with E-state index < -0.39 is 0 Å². The Hall–Kier alpha value is -1.32. The smallest absolute Gasteiger partial charge is 0.137 e. The molecule has 0 bridgehead atoms. The number of nitrogens with one attached hydrogen (secondary N) is 1. The van der Waals surface area contributed by atoms with E-state index in [0.717, 1.165) is 24.0 Å². The molecule has 0 aliphatic heterocycles. The lowest BCUT2D eigenvalue weighted by molar-refractivity contribution is 0.841. The maximum Gasteiger partial charge on any atom is 0.137 e. The van der Waals surface area contributed by atoms with Gasteiger partial charge in [0.1, 0.15) is 17.5 Å². The number of hydrogen-bond acceptors (Lipinski definition) is 4. The fourth-order valence-corrected chi connectivity index (χ4v) is 2.36. The van der Waals surface area contributed by atoms with Crippen molar-refractivity contribution in [1.29, 1.82) is 0 Å².